The highest BCUT2D eigenvalue weighted by molar-refractivity contribution is 5.15. The Labute approximate surface area is 212 Å². The fourth-order valence-electron chi connectivity index (χ4n) is 4.14. The Morgan fingerprint density at radius 2 is 1.17 bits per heavy atom. The lowest BCUT2D eigenvalue weighted by Crippen LogP contribution is -2.61. The Bertz CT molecular complexity index is 1050. The second-order valence-electron chi connectivity index (χ2n) is 8.57. The molecule has 3 aromatic rings. The zero-order valence-corrected chi connectivity index (χ0v) is 20.1. The molecule has 188 valence electrons. The van der Waals surface area contributed by atoms with E-state index in [9.17, 15) is 5.11 Å². The molecule has 1 aliphatic rings. The summed E-state index contributed by atoms with van der Waals surface area (Å²) in [5.74, 6) is 2.46. The molecule has 1 N–H and O–H groups in total. The second kappa shape index (κ2) is 13.9. The van der Waals surface area contributed by atoms with E-state index in [-0.39, 0.29) is 13.2 Å². The Balaban J connectivity index is 1.52. The van der Waals surface area contributed by atoms with Crippen molar-refractivity contribution in [2.24, 2.45) is 0 Å². The van der Waals surface area contributed by atoms with Crippen LogP contribution in [0.2, 0.25) is 0 Å². The van der Waals surface area contributed by atoms with E-state index >= 15 is 0 Å². The molecule has 0 radical (unpaired) electrons. The molecule has 0 unspecified atom stereocenters. The molecule has 0 bridgehead atoms. The number of aliphatic hydroxyl groups is 1. The second-order valence-corrected chi connectivity index (χ2v) is 8.57. The van der Waals surface area contributed by atoms with Crippen molar-refractivity contribution in [1.29, 1.82) is 0 Å². The monoisotopic (exact) mass is 488 g/mol. The highest BCUT2D eigenvalue weighted by Gasteiger charge is 2.47. The van der Waals surface area contributed by atoms with Crippen LogP contribution in [0.4, 0.5) is 0 Å². The van der Waals surface area contributed by atoms with Gasteiger partial charge in [-0.05, 0) is 16.7 Å². The van der Waals surface area contributed by atoms with Crippen LogP contribution < -0.4 is 0 Å². The van der Waals surface area contributed by atoms with Crippen LogP contribution in [0.1, 0.15) is 16.7 Å². The first-order chi connectivity index (χ1) is 17.7. The number of ether oxygens (including phenoxy) is 5. The van der Waals surface area contributed by atoms with Crippen molar-refractivity contribution in [3.8, 4) is 12.3 Å². The molecule has 1 saturated heterocycles. The van der Waals surface area contributed by atoms with E-state index in [0.717, 1.165) is 16.7 Å². The summed E-state index contributed by atoms with van der Waals surface area (Å²) in [5, 5.41) is 10.8. The van der Waals surface area contributed by atoms with E-state index in [1.165, 1.54) is 0 Å². The standard InChI is InChI=1S/C30H32O6/c1-2-18-33-29-28(35-21-25-16-10-5-11-17-25)27(34-20-24-14-8-4-9-15-24)26(36-30(29)31)22-32-19-23-12-6-3-7-13-23/h1,3-17,26-31H,18-22H2/t26-,27-,28+,29-,30-/m1/s1. The maximum atomic E-state index is 10.8. The van der Waals surface area contributed by atoms with Crippen molar-refractivity contribution in [1.82, 2.24) is 0 Å². The molecule has 1 heterocycles. The minimum atomic E-state index is -1.25. The molecule has 0 aromatic heterocycles. The lowest BCUT2D eigenvalue weighted by Gasteiger charge is -2.44. The van der Waals surface area contributed by atoms with Gasteiger partial charge in [-0.15, -0.1) is 6.42 Å². The lowest BCUT2D eigenvalue weighted by molar-refractivity contribution is -0.313. The first-order valence-corrected chi connectivity index (χ1v) is 12.1. The van der Waals surface area contributed by atoms with Crippen LogP contribution in [-0.4, -0.2) is 49.0 Å². The van der Waals surface area contributed by atoms with Gasteiger partial charge in [0, 0.05) is 0 Å². The Morgan fingerprint density at radius 1 is 0.667 bits per heavy atom. The van der Waals surface area contributed by atoms with Gasteiger partial charge < -0.3 is 28.8 Å². The average Bonchev–Trinajstić information content (AvgIpc) is 2.92. The molecule has 0 spiro atoms. The highest BCUT2D eigenvalue weighted by atomic mass is 16.7. The quantitative estimate of drug-likeness (QED) is 0.387. The molecule has 4 rings (SSSR count). The minimum Gasteiger partial charge on any atom is -0.374 e. The Hall–Kier alpha value is -3.02. The van der Waals surface area contributed by atoms with Crippen molar-refractivity contribution in [3.63, 3.8) is 0 Å². The van der Waals surface area contributed by atoms with E-state index in [2.05, 4.69) is 5.92 Å². The summed E-state index contributed by atoms with van der Waals surface area (Å²) >= 11 is 0. The van der Waals surface area contributed by atoms with Crippen molar-refractivity contribution >= 4 is 0 Å². The molecular weight excluding hydrogens is 456 g/mol. The molecule has 3 aromatic carbocycles. The number of aliphatic hydroxyl groups excluding tert-OH is 1. The number of hydrogen-bond donors (Lipinski definition) is 1. The van der Waals surface area contributed by atoms with Crippen molar-refractivity contribution in [3.05, 3.63) is 108 Å². The van der Waals surface area contributed by atoms with Crippen LogP contribution in [-0.2, 0) is 43.5 Å². The van der Waals surface area contributed by atoms with E-state index in [1.54, 1.807) is 0 Å². The van der Waals surface area contributed by atoms with E-state index in [4.69, 9.17) is 30.1 Å². The minimum absolute atomic E-state index is 0.0108. The van der Waals surface area contributed by atoms with Gasteiger partial charge >= 0.3 is 0 Å². The van der Waals surface area contributed by atoms with Gasteiger partial charge in [-0.2, -0.15) is 0 Å². The zero-order valence-electron chi connectivity index (χ0n) is 20.1. The van der Waals surface area contributed by atoms with Crippen LogP contribution in [0.25, 0.3) is 0 Å². The molecular formula is C30H32O6. The van der Waals surface area contributed by atoms with Gasteiger partial charge in [-0.25, -0.2) is 0 Å². The average molecular weight is 489 g/mol. The van der Waals surface area contributed by atoms with Crippen molar-refractivity contribution < 1.29 is 28.8 Å². The third-order valence-corrected chi connectivity index (χ3v) is 5.93. The number of rotatable bonds is 12. The molecule has 1 fully saturated rings. The SMILES string of the molecule is C#CCO[C@@H]1[C@@H](OCc2ccccc2)[C@H](OCc2ccccc2)[C@@H](COCc2ccccc2)O[C@H]1O. The van der Waals surface area contributed by atoms with Crippen LogP contribution in [0.3, 0.4) is 0 Å². The summed E-state index contributed by atoms with van der Waals surface area (Å²) in [6.07, 6.45) is 1.56. The van der Waals surface area contributed by atoms with Gasteiger partial charge in [-0.1, -0.05) is 96.9 Å². The third-order valence-electron chi connectivity index (χ3n) is 5.93. The van der Waals surface area contributed by atoms with E-state index < -0.39 is 30.7 Å². The van der Waals surface area contributed by atoms with Crippen molar-refractivity contribution in [2.45, 2.75) is 50.5 Å². The predicted octanol–water partition coefficient (Wildman–Crippen LogP) is 4.11. The van der Waals surface area contributed by atoms with Gasteiger partial charge in [-0.3, -0.25) is 0 Å². The van der Waals surface area contributed by atoms with E-state index in [1.807, 2.05) is 91.0 Å². The van der Waals surface area contributed by atoms with Gasteiger partial charge in [0.1, 0.15) is 31.0 Å². The molecule has 5 atom stereocenters. The third kappa shape index (κ3) is 7.49. The lowest BCUT2D eigenvalue weighted by atomic mass is 9.98. The number of terminal acetylenes is 1. The summed E-state index contributed by atoms with van der Waals surface area (Å²) in [4.78, 5) is 0. The summed E-state index contributed by atoms with van der Waals surface area (Å²) in [5.41, 5.74) is 3.05. The summed E-state index contributed by atoms with van der Waals surface area (Å²) < 4.78 is 30.4. The first kappa shape index (κ1) is 26.1. The van der Waals surface area contributed by atoms with Gasteiger partial charge in [0.25, 0.3) is 0 Å². The first-order valence-electron chi connectivity index (χ1n) is 12.1. The largest absolute Gasteiger partial charge is 0.374 e. The smallest absolute Gasteiger partial charge is 0.184 e. The van der Waals surface area contributed by atoms with Crippen molar-refractivity contribution in [2.75, 3.05) is 13.2 Å². The summed E-state index contributed by atoms with van der Waals surface area (Å²) in [7, 11) is 0. The maximum Gasteiger partial charge on any atom is 0.184 e. The molecule has 36 heavy (non-hydrogen) atoms. The fourth-order valence-corrected chi connectivity index (χ4v) is 4.14. The topological polar surface area (TPSA) is 66.4 Å². The zero-order chi connectivity index (χ0) is 25.0. The molecule has 6 nitrogen and oxygen atoms in total. The predicted molar refractivity (Wildman–Crippen MR) is 136 cm³/mol. The highest BCUT2D eigenvalue weighted by Crippen LogP contribution is 2.29. The summed E-state index contributed by atoms with van der Waals surface area (Å²) in [6, 6.07) is 29.6. The number of hydrogen-bond acceptors (Lipinski definition) is 6. The fraction of sp³-hybridized carbons (Fsp3) is 0.333. The Kier molecular flexibility index (Phi) is 10.1. The summed E-state index contributed by atoms with van der Waals surface area (Å²) in [6.45, 7) is 1.29. The van der Waals surface area contributed by atoms with Gasteiger partial charge in [0.15, 0.2) is 6.29 Å². The van der Waals surface area contributed by atoms with E-state index in [0.29, 0.717) is 19.8 Å². The normalized spacial score (nSPS) is 23.7. The maximum absolute atomic E-state index is 10.8. The Morgan fingerprint density at radius 3 is 1.69 bits per heavy atom. The van der Waals surface area contributed by atoms with Gasteiger partial charge in [0.05, 0.1) is 26.4 Å². The van der Waals surface area contributed by atoms with Crippen LogP contribution in [0, 0.1) is 12.3 Å². The van der Waals surface area contributed by atoms with Crippen LogP contribution in [0.15, 0.2) is 91.0 Å². The molecule has 0 saturated carbocycles. The number of benzene rings is 3. The van der Waals surface area contributed by atoms with Crippen LogP contribution >= 0.6 is 0 Å². The molecule has 0 amide bonds. The van der Waals surface area contributed by atoms with Gasteiger partial charge in [0.2, 0.25) is 0 Å². The van der Waals surface area contributed by atoms with Crippen LogP contribution in [0.5, 0.6) is 0 Å². The molecule has 0 aliphatic carbocycles. The molecule has 6 heteroatoms. The molecule has 1 aliphatic heterocycles.